The first kappa shape index (κ1) is 16.6. The molecule has 0 heterocycles. The van der Waals surface area contributed by atoms with Gasteiger partial charge in [0.2, 0.25) is 5.91 Å². The summed E-state index contributed by atoms with van der Waals surface area (Å²) < 4.78 is 5.52. The topological polar surface area (TPSA) is 41.6 Å². The molecule has 1 N–H and O–H groups in total. The second kappa shape index (κ2) is 8.62. The zero-order valence-electron chi connectivity index (χ0n) is 13.2. The van der Waals surface area contributed by atoms with Crippen LogP contribution in [0.5, 0.6) is 5.75 Å². The summed E-state index contributed by atoms with van der Waals surface area (Å²) in [6.07, 6.45) is 5.23. The van der Waals surface area contributed by atoms with Crippen LogP contribution in [0.2, 0.25) is 0 Å². The summed E-state index contributed by atoms with van der Waals surface area (Å²) in [6.45, 7) is 1.12. The molecule has 0 aliphatic rings. The average Bonchev–Trinajstić information content (AvgIpc) is 2.54. The lowest BCUT2D eigenvalue weighted by atomic mass is 10.2. The fraction of sp³-hybridized carbons (Fsp3) is 0.211. The minimum atomic E-state index is -0.0549. The van der Waals surface area contributed by atoms with Gasteiger partial charge in [-0.2, -0.15) is 0 Å². The molecule has 0 bridgehead atoms. The Kier molecular flexibility index (Phi) is 6.22. The molecular weight excluding hydrogens is 288 g/mol. The Hall–Kier alpha value is -2.77. The first-order chi connectivity index (χ1) is 11.2. The van der Waals surface area contributed by atoms with Crippen LogP contribution in [0.15, 0.2) is 54.6 Å². The fourth-order valence-corrected chi connectivity index (χ4v) is 2.21. The van der Waals surface area contributed by atoms with E-state index >= 15 is 0 Å². The number of carbonyl (C=O) groups is 1. The number of amides is 1. The largest absolute Gasteiger partial charge is 0.481 e. The number of nitrogens with one attached hydrogen (secondary N) is 1. The number of para-hydroxylation sites is 2. The smallest absolute Gasteiger partial charge is 0.238 e. The van der Waals surface area contributed by atoms with Crippen LogP contribution < -0.4 is 10.1 Å². The molecule has 0 saturated carbocycles. The van der Waals surface area contributed by atoms with Gasteiger partial charge in [0.1, 0.15) is 12.4 Å². The summed E-state index contributed by atoms with van der Waals surface area (Å²) in [5.41, 5.74) is 1.79. The highest BCUT2D eigenvalue weighted by Crippen LogP contribution is 2.19. The van der Waals surface area contributed by atoms with Crippen LogP contribution in [0, 0.1) is 12.3 Å². The van der Waals surface area contributed by atoms with E-state index in [0.29, 0.717) is 13.1 Å². The summed E-state index contributed by atoms with van der Waals surface area (Å²) in [7, 11) is 1.89. The molecule has 0 aliphatic heterocycles. The molecule has 2 rings (SSSR count). The van der Waals surface area contributed by atoms with E-state index in [1.54, 1.807) is 0 Å². The van der Waals surface area contributed by atoms with Crippen molar-refractivity contribution in [2.45, 2.75) is 6.54 Å². The summed E-state index contributed by atoms with van der Waals surface area (Å²) in [5, 5.41) is 2.87. The summed E-state index contributed by atoms with van der Waals surface area (Å²) in [5.74, 6) is 3.15. The number of benzene rings is 2. The van der Waals surface area contributed by atoms with Crippen LogP contribution in [-0.2, 0) is 11.3 Å². The van der Waals surface area contributed by atoms with Crippen LogP contribution in [0.1, 0.15) is 5.56 Å². The highest BCUT2D eigenvalue weighted by Gasteiger charge is 2.10. The van der Waals surface area contributed by atoms with E-state index in [1.807, 2.05) is 66.5 Å². The number of anilines is 1. The number of rotatable bonds is 7. The summed E-state index contributed by atoms with van der Waals surface area (Å²) >= 11 is 0. The third-order valence-electron chi connectivity index (χ3n) is 3.19. The highest BCUT2D eigenvalue weighted by molar-refractivity contribution is 5.92. The predicted octanol–water partition coefficient (Wildman–Crippen LogP) is 2.77. The van der Waals surface area contributed by atoms with Crippen molar-refractivity contribution in [2.24, 2.45) is 0 Å². The number of carbonyl (C=O) groups excluding carboxylic acids is 1. The molecular formula is C19H20N2O2. The van der Waals surface area contributed by atoms with Gasteiger partial charge in [-0.3, -0.25) is 9.69 Å². The zero-order chi connectivity index (χ0) is 16.5. The molecule has 4 nitrogen and oxygen atoms in total. The van der Waals surface area contributed by atoms with Gasteiger partial charge in [0.05, 0.1) is 6.54 Å². The third kappa shape index (κ3) is 5.50. The van der Waals surface area contributed by atoms with Crippen molar-refractivity contribution in [3.63, 3.8) is 0 Å². The van der Waals surface area contributed by atoms with E-state index in [1.165, 1.54) is 0 Å². The normalized spacial score (nSPS) is 10.1. The van der Waals surface area contributed by atoms with Gasteiger partial charge >= 0.3 is 0 Å². The van der Waals surface area contributed by atoms with E-state index in [4.69, 9.17) is 11.2 Å². The second-order valence-electron chi connectivity index (χ2n) is 5.19. The third-order valence-corrected chi connectivity index (χ3v) is 3.19. The Balaban J connectivity index is 1.90. The quantitative estimate of drug-likeness (QED) is 0.800. The number of ether oxygens (including phenoxy) is 1. The first-order valence-corrected chi connectivity index (χ1v) is 7.36. The number of hydrogen-bond acceptors (Lipinski definition) is 3. The van der Waals surface area contributed by atoms with Gasteiger partial charge in [0, 0.05) is 17.8 Å². The Morgan fingerprint density at radius 3 is 2.61 bits per heavy atom. The molecule has 0 unspecified atom stereocenters. The van der Waals surface area contributed by atoms with Crippen molar-refractivity contribution in [3.05, 3.63) is 60.2 Å². The van der Waals surface area contributed by atoms with Gasteiger partial charge < -0.3 is 10.1 Å². The molecule has 0 aromatic heterocycles. The summed E-state index contributed by atoms with van der Waals surface area (Å²) in [6, 6.07) is 17.1. The van der Waals surface area contributed by atoms with Gasteiger partial charge in [-0.1, -0.05) is 42.3 Å². The first-order valence-electron chi connectivity index (χ1n) is 7.36. The standard InChI is InChI=1S/C19H20N2O2/c1-3-13-23-18-12-8-7-9-16(18)14-21(2)15-19(22)20-17-10-5-4-6-11-17/h1,4-12H,13-15H2,2H3,(H,20,22). The van der Waals surface area contributed by atoms with Crippen LogP contribution in [0.3, 0.4) is 0 Å². The molecule has 2 aromatic rings. The van der Waals surface area contributed by atoms with Crippen LogP contribution in [-0.4, -0.2) is 31.0 Å². The van der Waals surface area contributed by atoms with Crippen molar-refractivity contribution in [2.75, 3.05) is 25.5 Å². The number of terminal acetylenes is 1. The Labute approximate surface area is 137 Å². The molecule has 0 spiro atoms. The van der Waals surface area contributed by atoms with Crippen molar-refractivity contribution in [1.29, 1.82) is 0 Å². The predicted molar refractivity (Wildman–Crippen MR) is 92.2 cm³/mol. The molecule has 23 heavy (non-hydrogen) atoms. The molecule has 118 valence electrons. The molecule has 0 saturated heterocycles. The minimum Gasteiger partial charge on any atom is -0.481 e. The van der Waals surface area contributed by atoms with Gasteiger partial charge in [-0.05, 0) is 25.2 Å². The number of likely N-dealkylation sites (N-methyl/N-ethyl adjacent to an activating group) is 1. The molecule has 1 amide bonds. The van der Waals surface area contributed by atoms with Crippen LogP contribution in [0.4, 0.5) is 5.69 Å². The summed E-state index contributed by atoms with van der Waals surface area (Å²) in [4.78, 5) is 14.0. The van der Waals surface area contributed by atoms with Crippen LogP contribution in [0.25, 0.3) is 0 Å². The monoisotopic (exact) mass is 308 g/mol. The fourth-order valence-electron chi connectivity index (χ4n) is 2.21. The number of nitrogens with zero attached hydrogens (tertiary/aromatic N) is 1. The Morgan fingerprint density at radius 1 is 1.17 bits per heavy atom. The number of hydrogen-bond donors (Lipinski definition) is 1. The van der Waals surface area contributed by atoms with E-state index in [-0.39, 0.29) is 12.5 Å². The Morgan fingerprint density at radius 2 is 1.87 bits per heavy atom. The van der Waals surface area contributed by atoms with Gasteiger partial charge in [0.25, 0.3) is 0 Å². The van der Waals surface area contributed by atoms with Crippen molar-refractivity contribution < 1.29 is 9.53 Å². The molecule has 4 heteroatoms. The van der Waals surface area contributed by atoms with Crippen molar-refractivity contribution in [1.82, 2.24) is 4.90 Å². The van der Waals surface area contributed by atoms with Crippen LogP contribution >= 0.6 is 0 Å². The van der Waals surface area contributed by atoms with E-state index < -0.39 is 0 Å². The lowest BCUT2D eigenvalue weighted by Crippen LogP contribution is -2.30. The van der Waals surface area contributed by atoms with E-state index in [2.05, 4.69) is 11.2 Å². The minimum absolute atomic E-state index is 0.0549. The molecule has 2 aromatic carbocycles. The maximum absolute atomic E-state index is 12.1. The molecule has 0 aliphatic carbocycles. The maximum Gasteiger partial charge on any atom is 0.238 e. The highest BCUT2D eigenvalue weighted by atomic mass is 16.5. The van der Waals surface area contributed by atoms with Crippen molar-refractivity contribution in [3.8, 4) is 18.1 Å². The van der Waals surface area contributed by atoms with E-state index in [9.17, 15) is 4.79 Å². The molecule has 0 radical (unpaired) electrons. The molecule has 0 fully saturated rings. The lowest BCUT2D eigenvalue weighted by Gasteiger charge is -2.18. The average molecular weight is 308 g/mol. The maximum atomic E-state index is 12.1. The van der Waals surface area contributed by atoms with Gasteiger partial charge in [-0.25, -0.2) is 0 Å². The SMILES string of the molecule is C#CCOc1ccccc1CN(C)CC(=O)Nc1ccccc1. The van der Waals surface area contributed by atoms with E-state index in [0.717, 1.165) is 17.0 Å². The van der Waals surface area contributed by atoms with Crippen molar-refractivity contribution >= 4 is 11.6 Å². The second-order valence-corrected chi connectivity index (χ2v) is 5.19. The zero-order valence-corrected chi connectivity index (χ0v) is 13.2. The van der Waals surface area contributed by atoms with Gasteiger partial charge in [0.15, 0.2) is 0 Å². The lowest BCUT2D eigenvalue weighted by molar-refractivity contribution is -0.117. The molecule has 0 atom stereocenters. The Bertz CT molecular complexity index is 677. The van der Waals surface area contributed by atoms with Gasteiger partial charge in [-0.15, -0.1) is 6.42 Å².